The SMILES string of the molecule is Cc1ccccc1-c1n[nH]c(Cl)n1. The molecule has 0 fully saturated rings. The van der Waals surface area contributed by atoms with E-state index in [0.717, 1.165) is 11.1 Å². The van der Waals surface area contributed by atoms with Crippen LogP contribution in [-0.4, -0.2) is 15.2 Å². The van der Waals surface area contributed by atoms with Gasteiger partial charge in [0, 0.05) is 5.56 Å². The van der Waals surface area contributed by atoms with Crippen LogP contribution in [0, 0.1) is 6.92 Å². The molecule has 0 aliphatic rings. The van der Waals surface area contributed by atoms with Gasteiger partial charge in [0.05, 0.1) is 0 Å². The van der Waals surface area contributed by atoms with Gasteiger partial charge in [0.2, 0.25) is 5.28 Å². The van der Waals surface area contributed by atoms with Gasteiger partial charge >= 0.3 is 0 Å². The standard InChI is InChI=1S/C9H8ClN3/c1-6-4-2-3-5-7(6)8-11-9(10)13-12-8/h2-5H,1H3,(H,11,12,13). The summed E-state index contributed by atoms with van der Waals surface area (Å²) in [7, 11) is 0. The van der Waals surface area contributed by atoms with Gasteiger partial charge in [-0.15, -0.1) is 0 Å². The van der Waals surface area contributed by atoms with Crippen molar-refractivity contribution in [1.82, 2.24) is 15.2 Å². The van der Waals surface area contributed by atoms with Crippen LogP contribution in [0.15, 0.2) is 24.3 Å². The number of nitrogens with one attached hydrogen (secondary N) is 1. The first-order chi connectivity index (χ1) is 6.27. The van der Waals surface area contributed by atoms with Crippen LogP contribution in [0.4, 0.5) is 0 Å². The zero-order valence-electron chi connectivity index (χ0n) is 7.08. The molecule has 66 valence electrons. The van der Waals surface area contributed by atoms with E-state index in [2.05, 4.69) is 15.2 Å². The van der Waals surface area contributed by atoms with Gasteiger partial charge in [0.1, 0.15) is 0 Å². The summed E-state index contributed by atoms with van der Waals surface area (Å²) < 4.78 is 0. The Morgan fingerprint density at radius 2 is 2.08 bits per heavy atom. The molecule has 2 rings (SSSR count). The fraction of sp³-hybridized carbons (Fsp3) is 0.111. The lowest BCUT2D eigenvalue weighted by molar-refractivity contribution is 1.09. The highest BCUT2D eigenvalue weighted by molar-refractivity contribution is 6.28. The van der Waals surface area contributed by atoms with Gasteiger partial charge in [0.25, 0.3) is 0 Å². The number of hydrogen-bond donors (Lipinski definition) is 1. The lowest BCUT2D eigenvalue weighted by Crippen LogP contribution is -1.84. The first-order valence-electron chi connectivity index (χ1n) is 3.91. The van der Waals surface area contributed by atoms with Gasteiger partial charge in [-0.1, -0.05) is 24.3 Å². The summed E-state index contributed by atoms with van der Waals surface area (Å²) in [6.07, 6.45) is 0. The molecule has 0 unspecified atom stereocenters. The Morgan fingerprint density at radius 1 is 1.31 bits per heavy atom. The maximum Gasteiger partial charge on any atom is 0.218 e. The molecule has 3 nitrogen and oxygen atoms in total. The molecule has 0 aliphatic carbocycles. The number of nitrogens with zero attached hydrogens (tertiary/aromatic N) is 2. The van der Waals surface area contributed by atoms with Crippen LogP contribution >= 0.6 is 11.6 Å². The van der Waals surface area contributed by atoms with Gasteiger partial charge in [-0.05, 0) is 24.1 Å². The summed E-state index contributed by atoms with van der Waals surface area (Å²) in [6.45, 7) is 2.01. The van der Waals surface area contributed by atoms with Gasteiger partial charge in [-0.25, -0.2) is 5.10 Å². The fourth-order valence-corrected chi connectivity index (χ4v) is 1.31. The zero-order chi connectivity index (χ0) is 9.26. The number of H-pyrrole nitrogens is 1. The van der Waals surface area contributed by atoms with Crippen molar-refractivity contribution >= 4 is 11.6 Å². The van der Waals surface area contributed by atoms with E-state index in [1.807, 2.05) is 31.2 Å². The van der Waals surface area contributed by atoms with E-state index in [4.69, 9.17) is 11.6 Å². The fourth-order valence-electron chi connectivity index (χ4n) is 1.19. The molecule has 1 aromatic carbocycles. The maximum atomic E-state index is 5.63. The number of aromatic amines is 1. The molecule has 13 heavy (non-hydrogen) atoms. The predicted molar refractivity (Wildman–Crippen MR) is 51.6 cm³/mol. The topological polar surface area (TPSA) is 41.6 Å². The summed E-state index contributed by atoms with van der Waals surface area (Å²) in [5.41, 5.74) is 2.14. The molecular weight excluding hydrogens is 186 g/mol. The highest BCUT2D eigenvalue weighted by Gasteiger charge is 2.05. The first-order valence-corrected chi connectivity index (χ1v) is 4.29. The minimum Gasteiger partial charge on any atom is -0.249 e. The molecule has 0 bridgehead atoms. The van der Waals surface area contributed by atoms with Gasteiger partial charge in [-0.3, -0.25) is 0 Å². The zero-order valence-corrected chi connectivity index (χ0v) is 7.84. The number of rotatable bonds is 1. The Balaban J connectivity index is 2.52. The van der Waals surface area contributed by atoms with Crippen molar-refractivity contribution in [1.29, 1.82) is 0 Å². The molecule has 1 N–H and O–H groups in total. The van der Waals surface area contributed by atoms with Gasteiger partial charge < -0.3 is 0 Å². The van der Waals surface area contributed by atoms with Crippen LogP contribution in [0.1, 0.15) is 5.56 Å². The number of hydrogen-bond acceptors (Lipinski definition) is 2. The largest absolute Gasteiger partial charge is 0.249 e. The summed E-state index contributed by atoms with van der Waals surface area (Å²) in [6, 6.07) is 7.91. The number of benzene rings is 1. The van der Waals surface area contributed by atoms with Crippen LogP contribution in [-0.2, 0) is 0 Å². The van der Waals surface area contributed by atoms with Crippen molar-refractivity contribution in [3.63, 3.8) is 0 Å². The Bertz CT molecular complexity index is 422. The molecule has 0 saturated heterocycles. The van der Waals surface area contributed by atoms with Crippen molar-refractivity contribution in [2.24, 2.45) is 0 Å². The van der Waals surface area contributed by atoms with Crippen LogP contribution in [0.25, 0.3) is 11.4 Å². The van der Waals surface area contributed by atoms with Gasteiger partial charge in [-0.2, -0.15) is 10.1 Å². The lowest BCUT2D eigenvalue weighted by atomic mass is 10.1. The lowest BCUT2D eigenvalue weighted by Gasteiger charge is -1.98. The highest BCUT2D eigenvalue weighted by Crippen LogP contribution is 2.19. The van der Waals surface area contributed by atoms with Crippen molar-refractivity contribution in [2.45, 2.75) is 6.92 Å². The molecule has 2 aromatic rings. The molecular formula is C9H8ClN3. The molecule has 0 amide bonds. The monoisotopic (exact) mass is 193 g/mol. The molecule has 0 radical (unpaired) electrons. The summed E-state index contributed by atoms with van der Waals surface area (Å²) in [5.74, 6) is 0.642. The predicted octanol–water partition coefficient (Wildman–Crippen LogP) is 2.43. The molecule has 1 heterocycles. The minimum absolute atomic E-state index is 0.318. The average Bonchev–Trinajstić information content (AvgIpc) is 2.53. The Morgan fingerprint density at radius 3 is 2.69 bits per heavy atom. The average molecular weight is 194 g/mol. The number of halogens is 1. The third-order valence-corrected chi connectivity index (χ3v) is 2.01. The van der Waals surface area contributed by atoms with Crippen molar-refractivity contribution in [2.75, 3.05) is 0 Å². The second-order valence-electron chi connectivity index (χ2n) is 2.76. The van der Waals surface area contributed by atoms with E-state index in [1.165, 1.54) is 0 Å². The van der Waals surface area contributed by atoms with E-state index in [-0.39, 0.29) is 0 Å². The van der Waals surface area contributed by atoms with E-state index < -0.39 is 0 Å². The third kappa shape index (κ3) is 1.55. The van der Waals surface area contributed by atoms with Crippen molar-refractivity contribution in [3.8, 4) is 11.4 Å². The van der Waals surface area contributed by atoms with E-state index in [0.29, 0.717) is 11.1 Å². The molecule has 0 spiro atoms. The smallest absolute Gasteiger partial charge is 0.218 e. The van der Waals surface area contributed by atoms with Crippen LogP contribution in [0.3, 0.4) is 0 Å². The van der Waals surface area contributed by atoms with E-state index in [9.17, 15) is 0 Å². The molecule has 0 saturated carbocycles. The Kier molecular flexibility index (Phi) is 2.02. The highest BCUT2D eigenvalue weighted by atomic mass is 35.5. The quantitative estimate of drug-likeness (QED) is 0.756. The summed E-state index contributed by atoms with van der Waals surface area (Å²) in [5, 5.41) is 6.90. The van der Waals surface area contributed by atoms with Gasteiger partial charge in [0.15, 0.2) is 5.82 Å². The van der Waals surface area contributed by atoms with Crippen LogP contribution in [0.2, 0.25) is 5.28 Å². The third-order valence-electron chi connectivity index (χ3n) is 1.84. The normalized spacial score (nSPS) is 10.3. The van der Waals surface area contributed by atoms with Crippen molar-refractivity contribution < 1.29 is 0 Å². The summed E-state index contributed by atoms with van der Waals surface area (Å²) in [4.78, 5) is 4.04. The maximum absolute atomic E-state index is 5.63. The molecule has 4 heteroatoms. The first kappa shape index (κ1) is 8.26. The van der Waals surface area contributed by atoms with E-state index in [1.54, 1.807) is 0 Å². The van der Waals surface area contributed by atoms with Crippen molar-refractivity contribution in [3.05, 3.63) is 35.1 Å². The Hall–Kier alpha value is -1.35. The molecule has 1 aromatic heterocycles. The summed E-state index contributed by atoms with van der Waals surface area (Å²) >= 11 is 5.63. The molecule has 0 aliphatic heterocycles. The van der Waals surface area contributed by atoms with Crippen LogP contribution < -0.4 is 0 Å². The minimum atomic E-state index is 0.318. The Labute approximate surface area is 80.8 Å². The van der Waals surface area contributed by atoms with E-state index >= 15 is 0 Å². The molecule has 0 atom stereocenters. The second-order valence-corrected chi connectivity index (χ2v) is 3.12. The number of aromatic nitrogens is 3. The van der Waals surface area contributed by atoms with Crippen LogP contribution in [0.5, 0.6) is 0 Å². The number of aryl methyl sites for hydroxylation is 1. The second kappa shape index (κ2) is 3.18.